The number of piperazine rings is 1. The highest BCUT2D eigenvalue weighted by Crippen LogP contribution is 2.25. The lowest BCUT2D eigenvalue weighted by Crippen LogP contribution is -2.44. The summed E-state index contributed by atoms with van der Waals surface area (Å²) in [6.45, 7) is 6.19. The van der Waals surface area contributed by atoms with Crippen molar-refractivity contribution >= 4 is 45.2 Å². The summed E-state index contributed by atoms with van der Waals surface area (Å²) < 4.78 is 3.57. The molecule has 0 saturated carbocycles. The topological polar surface area (TPSA) is 83.6 Å². The van der Waals surface area contributed by atoms with Crippen molar-refractivity contribution in [2.75, 3.05) is 43.4 Å². The van der Waals surface area contributed by atoms with Crippen molar-refractivity contribution in [3.8, 4) is 5.69 Å². The van der Waals surface area contributed by atoms with Gasteiger partial charge >= 0.3 is 0 Å². The van der Waals surface area contributed by atoms with Crippen molar-refractivity contribution in [3.63, 3.8) is 0 Å². The van der Waals surface area contributed by atoms with Crippen LogP contribution < -0.4 is 15.8 Å². The molecule has 39 heavy (non-hydrogen) atoms. The standard InChI is InChI=1S/C30H28N8O/c1-20-7-11-23(12-8-20)37-28(39)24-19-31-29(34-27(24)38-26-6-4-3-5-25(26)33-30(37)38)32-21-9-13-22(14-10-21)36-17-15-35(2)16-18-36/h3-14,19H,15-18H2,1-2H3,(H,31,32,34). The van der Waals surface area contributed by atoms with E-state index in [0.717, 1.165) is 54.2 Å². The van der Waals surface area contributed by atoms with Crippen molar-refractivity contribution in [2.24, 2.45) is 0 Å². The Hall–Kier alpha value is -4.76. The van der Waals surface area contributed by atoms with Crippen molar-refractivity contribution in [1.29, 1.82) is 0 Å². The van der Waals surface area contributed by atoms with Gasteiger partial charge in [-0.3, -0.25) is 9.20 Å². The SMILES string of the molecule is Cc1ccc(-n2c(=O)c3cnc(Nc4ccc(N5CCN(C)CC5)cc4)nc3n3c4ccccc4nc23)cc1. The van der Waals surface area contributed by atoms with Crippen LogP contribution in [0.1, 0.15) is 5.56 Å². The van der Waals surface area contributed by atoms with Gasteiger partial charge in [-0.15, -0.1) is 0 Å². The van der Waals surface area contributed by atoms with Gasteiger partial charge in [-0.2, -0.15) is 4.98 Å². The molecule has 1 aliphatic heterocycles. The molecule has 9 heteroatoms. The number of anilines is 3. The quantitative estimate of drug-likeness (QED) is 0.372. The summed E-state index contributed by atoms with van der Waals surface area (Å²) in [6.07, 6.45) is 1.60. The van der Waals surface area contributed by atoms with Crippen molar-refractivity contribution in [1.82, 2.24) is 28.8 Å². The zero-order valence-electron chi connectivity index (χ0n) is 21.9. The third kappa shape index (κ3) is 4.07. The molecule has 0 unspecified atom stereocenters. The normalized spacial score (nSPS) is 14.5. The molecular formula is C30H28N8O. The van der Waals surface area contributed by atoms with Gasteiger partial charge in [-0.1, -0.05) is 29.8 Å². The number of hydrogen-bond acceptors (Lipinski definition) is 7. The Morgan fingerprint density at radius 3 is 2.31 bits per heavy atom. The second-order valence-electron chi connectivity index (χ2n) is 10.1. The number of hydrogen-bond donors (Lipinski definition) is 1. The third-order valence-corrected chi connectivity index (χ3v) is 7.44. The summed E-state index contributed by atoms with van der Waals surface area (Å²) in [5, 5.41) is 3.74. The van der Waals surface area contributed by atoms with E-state index in [1.165, 1.54) is 5.69 Å². The number of aryl methyl sites for hydroxylation is 1. The molecule has 0 amide bonds. The van der Waals surface area contributed by atoms with Crippen LogP contribution in [0.3, 0.4) is 0 Å². The molecule has 1 fully saturated rings. The van der Waals surface area contributed by atoms with Crippen LogP contribution in [0.15, 0.2) is 83.8 Å². The lowest BCUT2D eigenvalue weighted by atomic mass is 10.2. The van der Waals surface area contributed by atoms with Crippen molar-refractivity contribution < 1.29 is 0 Å². The summed E-state index contributed by atoms with van der Waals surface area (Å²) in [5.41, 5.74) is 5.92. The molecule has 0 atom stereocenters. The highest BCUT2D eigenvalue weighted by atomic mass is 16.1. The molecule has 0 radical (unpaired) electrons. The van der Waals surface area contributed by atoms with Gasteiger partial charge in [0, 0.05) is 43.8 Å². The molecule has 3 aromatic heterocycles. The number of rotatable bonds is 4. The van der Waals surface area contributed by atoms with Gasteiger partial charge in [0.05, 0.1) is 16.7 Å². The fraction of sp³-hybridized carbons (Fsp3) is 0.200. The summed E-state index contributed by atoms with van der Waals surface area (Å²) in [5.74, 6) is 0.931. The van der Waals surface area contributed by atoms with Crippen LogP contribution >= 0.6 is 0 Å². The van der Waals surface area contributed by atoms with Gasteiger partial charge in [0.25, 0.3) is 5.56 Å². The van der Waals surface area contributed by atoms with E-state index in [4.69, 9.17) is 9.97 Å². The third-order valence-electron chi connectivity index (χ3n) is 7.44. The predicted octanol–water partition coefficient (Wildman–Crippen LogP) is 4.39. The highest BCUT2D eigenvalue weighted by Gasteiger charge is 2.19. The van der Waals surface area contributed by atoms with Crippen LogP contribution in [0.25, 0.3) is 33.5 Å². The van der Waals surface area contributed by atoms with Crippen LogP contribution in [-0.2, 0) is 0 Å². The monoisotopic (exact) mass is 516 g/mol. The van der Waals surface area contributed by atoms with E-state index in [0.29, 0.717) is 22.8 Å². The molecule has 9 nitrogen and oxygen atoms in total. The molecule has 3 aromatic carbocycles. The minimum absolute atomic E-state index is 0.209. The van der Waals surface area contributed by atoms with Crippen LogP contribution in [0, 0.1) is 6.92 Å². The van der Waals surface area contributed by atoms with Crippen LogP contribution in [0.2, 0.25) is 0 Å². The first-order chi connectivity index (χ1) is 19.0. The Labute approximate surface area is 225 Å². The minimum Gasteiger partial charge on any atom is -0.369 e. The fourth-order valence-electron chi connectivity index (χ4n) is 5.21. The van der Waals surface area contributed by atoms with E-state index in [1.807, 2.05) is 72.0 Å². The van der Waals surface area contributed by atoms with Crippen LogP contribution in [0.4, 0.5) is 17.3 Å². The largest absolute Gasteiger partial charge is 0.369 e. The lowest BCUT2D eigenvalue weighted by Gasteiger charge is -2.34. The maximum absolute atomic E-state index is 13.8. The minimum atomic E-state index is -0.209. The zero-order chi connectivity index (χ0) is 26.5. The zero-order valence-corrected chi connectivity index (χ0v) is 21.9. The van der Waals surface area contributed by atoms with Gasteiger partial charge in [0.15, 0.2) is 5.65 Å². The average Bonchev–Trinajstić information content (AvgIpc) is 3.34. The molecule has 194 valence electrons. The number of nitrogens with one attached hydrogen (secondary N) is 1. The van der Waals surface area contributed by atoms with Crippen molar-refractivity contribution in [2.45, 2.75) is 6.92 Å². The summed E-state index contributed by atoms with van der Waals surface area (Å²) >= 11 is 0. The Bertz CT molecular complexity index is 1880. The maximum Gasteiger partial charge on any atom is 0.270 e. The number of para-hydroxylation sites is 2. The van der Waals surface area contributed by atoms with E-state index in [2.05, 4.69) is 39.3 Å². The molecule has 1 N–H and O–H groups in total. The Morgan fingerprint density at radius 1 is 0.821 bits per heavy atom. The molecule has 0 spiro atoms. The Kier molecular flexibility index (Phi) is 5.52. The van der Waals surface area contributed by atoms with Crippen LogP contribution in [0.5, 0.6) is 0 Å². The van der Waals surface area contributed by atoms with Crippen molar-refractivity contribution in [3.05, 3.63) is 94.9 Å². The molecular weight excluding hydrogens is 488 g/mol. The summed E-state index contributed by atoms with van der Waals surface area (Å²) in [7, 11) is 2.16. The molecule has 7 rings (SSSR count). The first kappa shape index (κ1) is 23.4. The molecule has 1 aliphatic rings. The number of aromatic nitrogens is 5. The second kappa shape index (κ2) is 9.21. The molecule has 1 saturated heterocycles. The first-order valence-electron chi connectivity index (χ1n) is 13.1. The van der Waals surface area contributed by atoms with E-state index >= 15 is 0 Å². The van der Waals surface area contributed by atoms with E-state index in [9.17, 15) is 4.79 Å². The Balaban J connectivity index is 1.32. The fourth-order valence-corrected chi connectivity index (χ4v) is 5.21. The Morgan fingerprint density at radius 2 is 1.54 bits per heavy atom. The van der Waals surface area contributed by atoms with Gasteiger partial charge < -0.3 is 15.1 Å². The highest BCUT2D eigenvalue weighted by molar-refractivity contribution is 5.88. The van der Waals surface area contributed by atoms with E-state index < -0.39 is 0 Å². The number of nitrogens with zero attached hydrogens (tertiary/aromatic N) is 7. The van der Waals surface area contributed by atoms with Gasteiger partial charge in [0.2, 0.25) is 11.7 Å². The van der Waals surface area contributed by atoms with Crippen LogP contribution in [-0.4, -0.2) is 62.0 Å². The van der Waals surface area contributed by atoms with E-state index in [1.54, 1.807) is 10.8 Å². The number of likely N-dealkylation sites (N-methyl/N-ethyl adjacent to an activating group) is 1. The van der Waals surface area contributed by atoms with E-state index in [-0.39, 0.29) is 5.56 Å². The molecule has 6 aromatic rings. The molecule has 4 heterocycles. The number of imidazole rings is 1. The van der Waals surface area contributed by atoms with Gasteiger partial charge in [-0.05, 0) is 62.5 Å². The van der Waals surface area contributed by atoms with Gasteiger partial charge in [-0.25, -0.2) is 14.5 Å². The second-order valence-corrected chi connectivity index (χ2v) is 10.1. The van der Waals surface area contributed by atoms with Gasteiger partial charge in [0.1, 0.15) is 5.39 Å². The first-order valence-corrected chi connectivity index (χ1v) is 13.1. The maximum atomic E-state index is 13.8. The predicted molar refractivity (Wildman–Crippen MR) is 156 cm³/mol. The lowest BCUT2D eigenvalue weighted by molar-refractivity contribution is 0.313. The smallest absolute Gasteiger partial charge is 0.270 e. The molecule has 0 aliphatic carbocycles. The summed E-state index contributed by atoms with van der Waals surface area (Å²) in [6, 6.07) is 24.0. The molecule has 0 bridgehead atoms. The average molecular weight is 517 g/mol. The summed E-state index contributed by atoms with van der Waals surface area (Å²) in [4.78, 5) is 32.7. The number of fused-ring (bicyclic) bond motifs is 5. The number of benzene rings is 3.